The third-order valence-electron chi connectivity index (χ3n) is 4.17. The molecule has 0 bridgehead atoms. The van der Waals surface area contributed by atoms with Gasteiger partial charge in [-0.15, -0.1) is 0 Å². The van der Waals surface area contributed by atoms with E-state index in [1.165, 1.54) is 6.08 Å². The van der Waals surface area contributed by atoms with Crippen molar-refractivity contribution in [2.75, 3.05) is 6.61 Å². The Morgan fingerprint density at radius 1 is 1.00 bits per heavy atom. The van der Waals surface area contributed by atoms with E-state index in [4.69, 9.17) is 15.3 Å². The molecule has 25 heavy (non-hydrogen) atoms. The summed E-state index contributed by atoms with van der Waals surface area (Å²) in [6.07, 6.45) is 7.00. The summed E-state index contributed by atoms with van der Waals surface area (Å²) in [6.45, 7) is 5.36. The van der Waals surface area contributed by atoms with E-state index in [0.717, 1.165) is 43.3 Å². The molecule has 0 saturated heterocycles. The molecule has 0 amide bonds. The number of aliphatic hydroxyl groups is 2. The van der Waals surface area contributed by atoms with Crippen LogP contribution in [0.25, 0.3) is 0 Å². The quantitative estimate of drug-likeness (QED) is 0.229. The summed E-state index contributed by atoms with van der Waals surface area (Å²) in [4.78, 5) is 21.4. The van der Waals surface area contributed by atoms with Crippen molar-refractivity contribution >= 4 is 11.9 Å². The molecule has 6 heteroatoms. The second-order valence-electron chi connectivity index (χ2n) is 6.86. The van der Waals surface area contributed by atoms with E-state index in [-0.39, 0.29) is 0 Å². The fraction of sp³-hybridized carbons (Fsp3) is 0.684. The van der Waals surface area contributed by atoms with Crippen molar-refractivity contribution in [2.24, 2.45) is 11.8 Å². The van der Waals surface area contributed by atoms with Crippen molar-refractivity contribution in [3.63, 3.8) is 0 Å². The first-order chi connectivity index (χ1) is 11.7. The minimum atomic E-state index is -1.17. The highest BCUT2D eigenvalue weighted by atomic mass is 16.4. The third-order valence-corrected chi connectivity index (χ3v) is 4.17. The Bertz CT molecular complexity index is 480. The number of carboxylic acids is 2. The lowest BCUT2D eigenvalue weighted by Gasteiger charge is -2.17. The molecule has 0 aromatic heterocycles. The Morgan fingerprint density at radius 3 is 2.12 bits per heavy atom. The van der Waals surface area contributed by atoms with Crippen LogP contribution in [0.5, 0.6) is 0 Å². The molecule has 0 aliphatic rings. The fourth-order valence-corrected chi connectivity index (χ4v) is 2.92. The van der Waals surface area contributed by atoms with Gasteiger partial charge in [0.2, 0.25) is 0 Å². The van der Waals surface area contributed by atoms with Crippen molar-refractivity contribution in [1.29, 1.82) is 0 Å². The number of rotatable bonds is 13. The second-order valence-corrected chi connectivity index (χ2v) is 6.86. The number of hydrogen-bond acceptors (Lipinski definition) is 4. The van der Waals surface area contributed by atoms with Gasteiger partial charge in [-0.3, -0.25) is 4.79 Å². The van der Waals surface area contributed by atoms with Crippen LogP contribution in [0.2, 0.25) is 0 Å². The zero-order valence-electron chi connectivity index (χ0n) is 15.4. The Balaban J connectivity index is 4.04. The van der Waals surface area contributed by atoms with Gasteiger partial charge >= 0.3 is 11.9 Å². The molecule has 0 aromatic carbocycles. The van der Waals surface area contributed by atoms with Crippen molar-refractivity contribution in [3.8, 4) is 0 Å². The predicted molar refractivity (Wildman–Crippen MR) is 96.2 cm³/mol. The highest BCUT2D eigenvalue weighted by Gasteiger charge is 2.24. The summed E-state index contributed by atoms with van der Waals surface area (Å²) in [5, 5.41) is 36.3. The fourth-order valence-electron chi connectivity index (χ4n) is 2.92. The number of carbonyl (C=O) groups is 2. The van der Waals surface area contributed by atoms with Gasteiger partial charge in [-0.05, 0) is 38.2 Å². The summed E-state index contributed by atoms with van der Waals surface area (Å²) in [5.74, 6) is -2.74. The Morgan fingerprint density at radius 2 is 1.60 bits per heavy atom. The molecule has 0 aromatic rings. The molecule has 0 radical (unpaired) electrons. The molecule has 6 nitrogen and oxygen atoms in total. The molecule has 3 atom stereocenters. The van der Waals surface area contributed by atoms with Crippen LogP contribution in [-0.2, 0) is 9.59 Å². The van der Waals surface area contributed by atoms with Gasteiger partial charge in [0.05, 0.1) is 12.7 Å². The number of unbranched alkanes of at least 4 members (excludes halogenated alkanes) is 2. The van der Waals surface area contributed by atoms with Gasteiger partial charge in [0.25, 0.3) is 0 Å². The molecule has 0 unspecified atom stereocenters. The normalized spacial score (nSPS) is 16.4. The average Bonchev–Trinajstić information content (AvgIpc) is 2.45. The highest BCUT2D eigenvalue weighted by Crippen LogP contribution is 2.20. The van der Waals surface area contributed by atoms with E-state index >= 15 is 0 Å². The SMILES string of the molecule is CC(=C\C(=O)O)/C=C(\C)C[C@@H](C)CCCCC[C@H](O)[C@@H](CO)C(=O)O. The van der Waals surface area contributed by atoms with Gasteiger partial charge < -0.3 is 20.4 Å². The Labute approximate surface area is 149 Å². The van der Waals surface area contributed by atoms with Crippen LogP contribution in [0.3, 0.4) is 0 Å². The summed E-state index contributed by atoms with van der Waals surface area (Å²) >= 11 is 0. The number of aliphatic hydroxyl groups excluding tert-OH is 2. The van der Waals surface area contributed by atoms with Crippen LogP contribution >= 0.6 is 0 Å². The molecule has 0 fully saturated rings. The summed E-state index contributed by atoms with van der Waals surface area (Å²) in [5.41, 5.74) is 1.87. The lowest BCUT2D eigenvalue weighted by Crippen LogP contribution is -2.31. The number of aliphatic carboxylic acids is 2. The van der Waals surface area contributed by atoms with Crippen LogP contribution in [0, 0.1) is 11.8 Å². The maximum Gasteiger partial charge on any atom is 0.328 e. The van der Waals surface area contributed by atoms with Crippen LogP contribution < -0.4 is 0 Å². The minimum Gasteiger partial charge on any atom is -0.481 e. The number of hydrogen-bond donors (Lipinski definition) is 4. The molecule has 4 N–H and O–H groups in total. The third kappa shape index (κ3) is 11.5. The summed E-state index contributed by atoms with van der Waals surface area (Å²) in [7, 11) is 0. The van der Waals surface area contributed by atoms with Gasteiger partial charge in [-0.1, -0.05) is 44.3 Å². The summed E-state index contributed by atoms with van der Waals surface area (Å²) in [6, 6.07) is 0. The molecule has 0 rings (SSSR count). The molecule has 0 saturated carbocycles. The standard InChI is InChI=1S/C19H32O6/c1-13(9-14(2)10-15(3)11-18(22)23)7-5-4-6-8-17(21)16(12-20)19(24)25/h10-11,13,16-17,20-21H,4-9,12H2,1-3H3,(H,22,23)(H,24,25)/b14-10+,15-11+/t13-,16+,17-/m0/s1. The maximum atomic E-state index is 10.8. The molecular formula is C19H32O6. The van der Waals surface area contributed by atoms with Crippen LogP contribution in [0.1, 0.15) is 59.3 Å². The second kappa shape index (κ2) is 12.7. The first-order valence-corrected chi connectivity index (χ1v) is 8.77. The molecule has 0 aliphatic carbocycles. The topological polar surface area (TPSA) is 115 Å². The maximum absolute atomic E-state index is 10.8. The smallest absolute Gasteiger partial charge is 0.328 e. The molecule has 0 aliphatic heterocycles. The largest absolute Gasteiger partial charge is 0.481 e. The number of allylic oxidation sites excluding steroid dienone is 3. The van der Waals surface area contributed by atoms with E-state index < -0.39 is 30.6 Å². The monoisotopic (exact) mass is 356 g/mol. The summed E-state index contributed by atoms with van der Waals surface area (Å²) < 4.78 is 0. The number of carboxylic acid groups (broad SMARTS) is 2. The molecular weight excluding hydrogens is 324 g/mol. The highest BCUT2D eigenvalue weighted by molar-refractivity contribution is 5.81. The first-order valence-electron chi connectivity index (χ1n) is 8.77. The van der Waals surface area contributed by atoms with Crippen molar-refractivity contribution in [2.45, 2.75) is 65.4 Å². The average molecular weight is 356 g/mol. The lowest BCUT2D eigenvalue weighted by molar-refractivity contribution is -0.147. The van der Waals surface area contributed by atoms with Gasteiger partial charge in [-0.2, -0.15) is 0 Å². The van der Waals surface area contributed by atoms with E-state index in [1.54, 1.807) is 6.92 Å². The van der Waals surface area contributed by atoms with E-state index in [0.29, 0.717) is 12.3 Å². The van der Waals surface area contributed by atoms with Gasteiger partial charge in [-0.25, -0.2) is 4.79 Å². The Hall–Kier alpha value is -1.66. The van der Waals surface area contributed by atoms with Crippen LogP contribution in [-0.4, -0.2) is 45.1 Å². The van der Waals surface area contributed by atoms with Crippen molar-refractivity contribution in [3.05, 3.63) is 23.3 Å². The zero-order chi connectivity index (χ0) is 19.4. The lowest BCUT2D eigenvalue weighted by atomic mass is 9.93. The first kappa shape index (κ1) is 23.3. The predicted octanol–water partition coefficient (Wildman–Crippen LogP) is 2.99. The van der Waals surface area contributed by atoms with E-state index in [1.807, 2.05) is 13.0 Å². The van der Waals surface area contributed by atoms with Crippen molar-refractivity contribution < 1.29 is 30.0 Å². The van der Waals surface area contributed by atoms with Crippen molar-refractivity contribution in [1.82, 2.24) is 0 Å². The van der Waals surface area contributed by atoms with Crippen LogP contribution in [0.15, 0.2) is 23.3 Å². The minimum absolute atomic E-state index is 0.379. The van der Waals surface area contributed by atoms with E-state index in [2.05, 4.69) is 6.92 Å². The zero-order valence-corrected chi connectivity index (χ0v) is 15.4. The molecule has 0 spiro atoms. The molecule has 0 heterocycles. The van der Waals surface area contributed by atoms with Crippen LogP contribution in [0.4, 0.5) is 0 Å². The molecule has 144 valence electrons. The van der Waals surface area contributed by atoms with Gasteiger partial charge in [0.1, 0.15) is 5.92 Å². The Kier molecular flexibility index (Phi) is 11.8. The van der Waals surface area contributed by atoms with E-state index in [9.17, 15) is 14.7 Å². The van der Waals surface area contributed by atoms with Gasteiger partial charge in [0.15, 0.2) is 0 Å². The van der Waals surface area contributed by atoms with Gasteiger partial charge in [0, 0.05) is 6.08 Å².